The zero-order valence-electron chi connectivity index (χ0n) is 32.5. The van der Waals surface area contributed by atoms with Gasteiger partial charge < -0.3 is 33.9 Å². The summed E-state index contributed by atoms with van der Waals surface area (Å²) < 4.78 is 25.6. The quantitative estimate of drug-likeness (QED) is 0.304. The van der Waals surface area contributed by atoms with Crippen molar-refractivity contribution in [3.8, 4) is 0 Å². The van der Waals surface area contributed by atoms with Gasteiger partial charge in [-0.15, -0.1) is 0 Å². The van der Waals surface area contributed by atoms with Gasteiger partial charge in [-0.1, -0.05) is 107 Å². The maximum Gasteiger partial charge on any atom is 0.303 e. The maximum absolute atomic E-state index is 9.37. The normalized spacial score (nSPS) is 24.2. The molecule has 0 bridgehead atoms. The van der Waals surface area contributed by atoms with Crippen molar-refractivity contribution in [1.82, 2.24) is 0 Å². The zero-order chi connectivity index (χ0) is 35.8. The predicted molar refractivity (Wildman–Crippen MR) is 195 cm³/mol. The standard InChI is InChI=1S/C6H12O2.C6H12O.C6H12.2C5H10O.C5H10.C3H6O2.C3H8O/c1-2-6-5-7-3-4-8-6;1-6-2-4-7-5-3-6;1-2-6-4-3-5-6;1-5(2)3-6-4-5;1-5-2-3-6-4-5;1-5-3-2-4-5;1-2-3(4)5;1-2-3-4/h6H,2-5H2,1H3;6H,2-5H2,1H3;6H,2-5H2,1H3;3-4H2,1-2H3;5H,2-4H2,1H3;5H,2-4H2,1H3;2H2,1H3,(H,4,5);4H,2-3H2,1H3/t6-;;;;5-;;;/m1...1.../s1. The summed E-state index contributed by atoms with van der Waals surface area (Å²) in [5.41, 5.74) is 0.500. The minimum absolute atomic E-state index is 0.222. The van der Waals surface area contributed by atoms with Crippen LogP contribution >= 0.6 is 0 Å². The molecule has 4 heterocycles. The molecule has 8 nitrogen and oxygen atoms in total. The van der Waals surface area contributed by atoms with Gasteiger partial charge in [0.1, 0.15) is 0 Å². The smallest absolute Gasteiger partial charge is 0.303 e. The molecule has 6 aliphatic rings. The number of aliphatic carboxylic acids is 1. The Hall–Kier alpha value is -0.770. The Labute approximate surface area is 291 Å². The van der Waals surface area contributed by atoms with Gasteiger partial charge in [0.15, 0.2) is 0 Å². The van der Waals surface area contributed by atoms with Gasteiger partial charge in [0.2, 0.25) is 0 Å². The van der Waals surface area contributed by atoms with E-state index in [0.717, 1.165) is 96.0 Å². The van der Waals surface area contributed by atoms with Gasteiger partial charge in [0.05, 0.1) is 39.1 Å². The molecule has 6 fully saturated rings. The van der Waals surface area contributed by atoms with E-state index in [-0.39, 0.29) is 6.42 Å². The van der Waals surface area contributed by atoms with E-state index in [2.05, 4.69) is 48.5 Å². The molecule has 0 radical (unpaired) electrons. The van der Waals surface area contributed by atoms with Crippen LogP contribution in [-0.2, 0) is 28.5 Å². The Balaban J connectivity index is 0. The lowest BCUT2D eigenvalue weighted by atomic mass is 9.84. The van der Waals surface area contributed by atoms with Gasteiger partial charge in [0.25, 0.3) is 0 Å². The lowest BCUT2D eigenvalue weighted by Gasteiger charge is -2.33. The molecule has 4 saturated heterocycles. The van der Waals surface area contributed by atoms with Gasteiger partial charge in [0, 0.05) is 44.9 Å². The van der Waals surface area contributed by atoms with Crippen molar-refractivity contribution < 1.29 is 38.7 Å². The van der Waals surface area contributed by atoms with Crippen molar-refractivity contribution in [2.75, 3.05) is 66.1 Å². The third kappa shape index (κ3) is 34.9. The minimum atomic E-state index is -0.745. The first-order valence-corrected chi connectivity index (χ1v) is 19.2. The number of carboxylic acids is 1. The van der Waals surface area contributed by atoms with Crippen molar-refractivity contribution >= 4 is 5.97 Å². The summed E-state index contributed by atoms with van der Waals surface area (Å²) in [6, 6.07) is 0. The Morgan fingerprint density at radius 1 is 0.660 bits per heavy atom. The predicted octanol–water partition coefficient (Wildman–Crippen LogP) is 9.20. The monoisotopic (exact) mass is 677 g/mol. The van der Waals surface area contributed by atoms with Crippen molar-refractivity contribution in [3.63, 3.8) is 0 Å². The van der Waals surface area contributed by atoms with Crippen LogP contribution in [0.15, 0.2) is 0 Å². The van der Waals surface area contributed by atoms with Gasteiger partial charge in [-0.25, -0.2) is 0 Å². The van der Waals surface area contributed by atoms with E-state index in [9.17, 15) is 4.79 Å². The average molecular weight is 677 g/mol. The number of hydrogen-bond acceptors (Lipinski definition) is 7. The van der Waals surface area contributed by atoms with Crippen molar-refractivity contribution in [1.29, 1.82) is 0 Å². The fourth-order valence-corrected chi connectivity index (χ4v) is 4.26. The van der Waals surface area contributed by atoms with Crippen LogP contribution < -0.4 is 0 Å². The fraction of sp³-hybridized carbons (Fsp3) is 0.974. The number of hydrogen-bond donors (Lipinski definition) is 2. The van der Waals surface area contributed by atoms with Crippen molar-refractivity contribution in [2.45, 2.75) is 152 Å². The van der Waals surface area contributed by atoms with Crippen LogP contribution in [0.2, 0.25) is 0 Å². The molecule has 0 aromatic rings. The SMILES string of the molecule is CC1(C)COC1.CC1CCC1.CC1CCOCC1.CCC(=O)O.CCC1CCC1.CCCO.CC[C@@H]1COCCO1.C[C@@H]1CCOC1. The first kappa shape index (κ1) is 48.3. The second kappa shape index (κ2) is 33.7. The number of carbonyl (C=O) groups is 1. The molecule has 0 amide bonds. The zero-order valence-corrected chi connectivity index (χ0v) is 32.5. The summed E-state index contributed by atoms with van der Waals surface area (Å²) in [6.45, 7) is 27.6. The number of carboxylic acid groups (broad SMARTS) is 1. The second-order valence-corrected chi connectivity index (χ2v) is 14.6. The first-order valence-electron chi connectivity index (χ1n) is 19.2. The van der Waals surface area contributed by atoms with Gasteiger partial charge in [-0.2, -0.15) is 0 Å². The van der Waals surface area contributed by atoms with E-state index >= 15 is 0 Å². The Morgan fingerprint density at radius 2 is 1.13 bits per heavy atom. The molecule has 8 heteroatoms. The van der Waals surface area contributed by atoms with Crippen LogP contribution in [0.25, 0.3) is 0 Å². The molecule has 0 unspecified atom stereocenters. The third-order valence-electron chi connectivity index (χ3n) is 8.72. The number of ether oxygens (including phenoxy) is 5. The molecule has 2 aliphatic carbocycles. The highest BCUT2D eigenvalue weighted by Crippen LogP contribution is 2.28. The van der Waals surface area contributed by atoms with E-state index in [0.29, 0.717) is 18.1 Å². The molecule has 284 valence electrons. The lowest BCUT2D eigenvalue weighted by molar-refractivity contribution is -0.136. The molecular weight excluding hydrogens is 596 g/mol. The molecule has 0 aromatic heterocycles. The molecule has 6 rings (SSSR count). The minimum Gasteiger partial charge on any atom is -0.481 e. The van der Waals surface area contributed by atoms with Crippen LogP contribution in [0.5, 0.6) is 0 Å². The average Bonchev–Trinajstić information content (AvgIpc) is 3.52. The Morgan fingerprint density at radius 3 is 1.26 bits per heavy atom. The largest absolute Gasteiger partial charge is 0.481 e. The maximum atomic E-state index is 9.37. The molecule has 2 saturated carbocycles. The number of aliphatic hydroxyl groups excluding tert-OH is 1. The Kier molecular flexibility index (Phi) is 34.7. The van der Waals surface area contributed by atoms with E-state index in [1.54, 1.807) is 6.92 Å². The summed E-state index contributed by atoms with van der Waals surface area (Å²) in [7, 11) is 0. The van der Waals surface area contributed by atoms with E-state index < -0.39 is 5.97 Å². The van der Waals surface area contributed by atoms with Gasteiger partial charge in [-0.05, 0) is 55.8 Å². The van der Waals surface area contributed by atoms with E-state index in [4.69, 9.17) is 33.9 Å². The number of rotatable bonds is 4. The molecule has 2 N–H and O–H groups in total. The molecule has 47 heavy (non-hydrogen) atoms. The lowest BCUT2D eigenvalue weighted by Crippen LogP contribution is -2.36. The highest BCUT2D eigenvalue weighted by Gasteiger charge is 2.26. The summed E-state index contributed by atoms with van der Waals surface area (Å²) in [4.78, 5) is 9.37. The summed E-state index contributed by atoms with van der Waals surface area (Å²) >= 11 is 0. The summed E-state index contributed by atoms with van der Waals surface area (Å²) in [6.07, 6.45) is 16.7. The molecule has 2 atom stereocenters. The topological polar surface area (TPSA) is 104 Å². The highest BCUT2D eigenvalue weighted by atomic mass is 16.6. The van der Waals surface area contributed by atoms with Gasteiger partial charge >= 0.3 is 5.97 Å². The van der Waals surface area contributed by atoms with Crippen LogP contribution in [-0.4, -0.2) is 88.4 Å². The molecule has 4 aliphatic heterocycles. The van der Waals surface area contributed by atoms with Crippen LogP contribution in [0.3, 0.4) is 0 Å². The van der Waals surface area contributed by atoms with Crippen molar-refractivity contribution in [3.05, 3.63) is 0 Å². The summed E-state index contributed by atoms with van der Waals surface area (Å²) in [5, 5.41) is 15.6. The van der Waals surface area contributed by atoms with Gasteiger partial charge in [-0.3, -0.25) is 4.79 Å². The Bertz CT molecular complexity index is 622. The van der Waals surface area contributed by atoms with E-state index in [1.165, 1.54) is 64.2 Å². The second-order valence-electron chi connectivity index (χ2n) is 14.6. The van der Waals surface area contributed by atoms with Crippen LogP contribution in [0, 0.1) is 29.1 Å². The fourth-order valence-electron chi connectivity index (χ4n) is 4.26. The third-order valence-corrected chi connectivity index (χ3v) is 8.72. The van der Waals surface area contributed by atoms with Crippen molar-refractivity contribution in [2.24, 2.45) is 29.1 Å². The van der Waals surface area contributed by atoms with Crippen LogP contribution in [0.4, 0.5) is 0 Å². The molecule has 0 spiro atoms. The van der Waals surface area contributed by atoms with Crippen LogP contribution in [0.1, 0.15) is 146 Å². The molecule has 0 aromatic carbocycles. The van der Waals surface area contributed by atoms with E-state index in [1.807, 2.05) is 6.92 Å². The highest BCUT2D eigenvalue weighted by molar-refractivity contribution is 5.66. The number of aliphatic hydroxyl groups is 1. The molecular formula is C39H80O8. The summed E-state index contributed by atoms with van der Waals surface area (Å²) in [5.74, 6) is 3.17. The first-order chi connectivity index (χ1) is 22.4.